The lowest BCUT2D eigenvalue weighted by molar-refractivity contribution is 0.274. The number of H-pyrrole nitrogens is 1. The smallest absolute Gasteiger partial charge is 0.139 e. The fraction of sp³-hybridized carbons (Fsp3) is 0.316. The van der Waals surface area contributed by atoms with E-state index in [4.69, 9.17) is 4.74 Å². The van der Waals surface area contributed by atoms with E-state index in [-0.39, 0.29) is 6.04 Å². The molecule has 0 amide bonds. The highest BCUT2D eigenvalue weighted by molar-refractivity contribution is 5.90. The first-order valence-corrected chi connectivity index (χ1v) is 8.34. The van der Waals surface area contributed by atoms with Crippen molar-refractivity contribution in [1.29, 1.82) is 0 Å². The summed E-state index contributed by atoms with van der Waals surface area (Å²) in [6.45, 7) is 0.753. The highest BCUT2D eigenvalue weighted by atomic mass is 16.5. The lowest BCUT2D eigenvalue weighted by atomic mass is 10.00. The van der Waals surface area contributed by atoms with Crippen molar-refractivity contribution >= 4 is 16.7 Å². The van der Waals surface area contributed by atoms with E-state index in [0.717, 1.165) is 30.1 Å². The summed E-state index contributed by atoms with van der Waals surface area (Å²) in [5, 5.41) is 4.91. The molecule has 2 N–H and O–H groups in total. The van der Waals surface area contributed by atoms with E-state index < -0.39 is 0 Å². The molecule has 4 heteroatoms. The van der Waals surface area contributed by atoms with Crippen molar-refractivity contribution in [2.75, 3.05) is 11.9 Å². The van der Waals surface area contributed by atoms with Crippen LogP contribution >= 0.6 is 0 Å². The number of ether oxygens (including phenoxy) is 1. The number of pyridine rings is 1. The van der Waals surface area contributed by atoms with Gasteiger partial charge >= 0.3 is 0 Å². The monoisotopic (exact) mass is 305 g/mol. The van der Waals surface area contributed by atoms with Gasteiger partial charge in [0.15, 0.2) is 0 Å². The summed E-state index contributed by atoms with van der Waals surface area (Å²) in [5.41, 5.74) is 4.70. The molecule has 3 heterocycles. The minimum Gasteiger partial charge on any atom is -0.493 e. The van der Waals surface area contributed by atoms with Crippen LogP contribution in [0.3, 0.4) is 0 Å². The van der Waals surface area contributed by atoms with E-state index in [1.807, 2.05) is 18.3 Å². The SMILES string of the molecule is c1ccc2c(c1)OCC[C@H]2Nc1ccnc2[nH]c(C3CC3)cc12. The van der Waals surface area contributed by atoms with Crippen LogP contribution in [0.15, 0.2) is 42.6 Å². The van der Waals surface area contributed by atoms with Crippen LogP contribution in [-0.2, 0) is 0 Å². The minimum absolute atomic E-state index is 0.282. The van der Waals surface area contributed by atoms with Crippen LogP contribution in [0.5, 0.6) is 5.75 Å². The third-order valence-corrected chi connectivity index (χ3v) is 4.86. The molecule has 1 aromatic carbocycles. The van der Waals surface area contributed by atoms with Gasteiger partial charge < -0.3 is 15.0 Å². The lowest BCUT2D eigenvalue weighted by Gasteiger charge is -2.27. The predicted molar refractivity (Wildman–Crippen MR) is 91.0 cm³/mol. The van der Waals surface area contributed by atoms with Crippen LogP contribution in [-0.4, -0.2) is 16.6 Å². The molecule has 3 aromatic rings. The van der Waals surface area contributed by atoms with Gasteiger partial charge in [0.1, 0.15) is 11.4 Å². The summed E-state index contributed by atoms with van der Waals surface area (Å²) >= 11 is 0. The number of rotatable bonds is 3. The number of hydrogen-bond acceptors (Lipinski definition) is 3. The molecule has 2 aromatic heterocycles. The van der Waals surface area contributed by atoms with Crippen LogP contribution in [0.25, 0.3) is 11.0 Å². The van der Waals surface area contributed by atoms with Crippen LogP contribution in [0.2, 0.25) is 0 Å². The van der Waals surface area contributed by atoms with Gasteiger partial charge in [-0.15, -0.1) is 0 Å². The molecule has 0 saturated heterocycles. The molecule has 0 unspecified atom stereocenters. The summed E-state index contributed by atoms with van der Waals surface area (Å²) in [6.07, 6.45) is 5.44. The highest BCUT2D eigenvalue weighted by Crippen LogP contribution is 2.42. The van der Waals surface area contributed by atoms with Gasteiger partial charge in [-0.05, 0) is 37.0 Å². The number of anilines is 1. The van der Waals surface area contributed by atoms with Gasteiger partial charge in [0.05, 0.1) is 12.6 Å². The van der Waals surface area contributed by atoms with E-state index in [1.54, 1.807) is 0 Å². The predicted octanol–water partition coefficient (Wildman–Crippen LogP) is 4.38. The Labute approximate surface area is 134 Å². The molecule has 4 nitrogen and oxygen atoms in total. The van der Waals surface area contributed by atoms with E-state index >= 15 is 0 Å². The Morgan fingerprint density at radius 2 is 2.04 bits per heavy atom. The molecule has 116 valence electrons. The van der Waals surface area contributed by atoms with E-state index in [0.29, 0.717) is 5.92 Å². The topological polar surface area (TPSA) is 49.9 Å². The Kier molecular flexibility index (Phi) is 2.83. The summed E-state index contributed by atoms with van der Waals surface area (Å²) in [5.74, 6) is 1.70. The molecule has 23 heavy (non-hydrogen) atoms. The van der Waals surface area contributed by atoms with Crippen molar-refractivity contribution in [3.8, 4) is 5.75 Å². The molecule has 0 bridgehead atoms. The Balaban J connectivity index is 1.52. The molecule has 5 rings (SSSR count). The summed E-state index contributed by atoms with van der Waals surface area (Å²) in [6, 6.07) is 12.9. The quantitative estimate of drug-likeness (QED) is 0.755. The molecule has 1 aliphatic heterocycles. The second-order valence-corrected chi connectivity index (χ2v) is 6.49. The largest absolute Gasteiger partial charge is 0.493 e. The third-order valence-electron chi connectivity index (χ3n) is 4.86. The van der Waals surface area contributed by atoms with Gasteiger partial charge in [-0.25, -0.2) is 4.98 Å². The first-order valence-electron chi connectivity index (χ1n) is 8.34. The zero-order valence-electron chi connectivity index (χ0n) is 12.9. The van der Waals surface area contributed by atoms with E-state index in [1.165, 1.54) is 29.5 Å². The van der Waals surface area contributed by atoms with Crippen LogP contribution in [0, 0.1) is 0 Å². The summed E-state index contributed by atoms with van der Waals surface area (Å²) < 4.78 is 5.76. The second kappa shape index (κ2) is 5.01. The van der Waals surface area contributed by atoms with Gasteiger partial charge in [0, 0.05) is 34.9 Å². The molecule has 1 saturated carbocycles. The number of nitrogens with one attached hydrogen (secondary N) is 2. The maximum Gasteiger partial charge on any atom is 0.139 e. The molecule has 0 radical (unpaired) electrons. The standard InChI is InChI=1S/C19H19N3O/c1-2-4-18-13(3-1)16(8-10-23-18)21-15-7-9-20-19-14(15)11-17(22-19)12-5-6-12/h1-4,7,9,11-12,16H,5-6,8,10H2,(H2,20,21,22)/t16-/m1/s1. The number of aromatic amines is 1. The van der Waals surface area contributed by atoms with E-state index in [2.05, 4.69) is 39.6 Å². The van der Waals surface area contributed by atoms with Crippen molar-refractivity contribution < 1.29 is 4.74 Å². The Bertz CT molecular complexity index is 866. The summed E-state index contributed by atoms with van der Waals surface area (Å²) in [7, 11) is 0. The number of para-hydroxylation sites is 1. The number of benzene rings is 1. The molecule has 0 spiro atoms. The van der Waals surface area contributed by atoms with Gasteiger partial charge in [0.2, 0.25) is 0 Å². The number of aromatic nitrogens is 2. The molecule has 1 atom stereocenters. The molecule has 1 fully saturated rings. The normalized spacial score (nSPS) is 20.1. The molecule has 1 aliphatic carbocycles. The fourth-order valence-corrected chi connectivity index (χ4v) is 3.47. The van der Waals surface area contributed by atoms with Crippen molar-refractivity contribution in [2.45, 2.75) is 31.2 Å². The van der Waals surface area contributed by atoms with Crippen molar-refractivity contribution in [2.24, 2.45) is 0 Å². The van der Waals surface area contributed by atoms with Gasteiger partial charge in [-0.1, -0.05) is 18.2 Å². The molecular formula is C19H19N3O. The Morgan fingerprint density at radius 3 is 2.96 bits per heavy atom. The van der Waals surface area contributed by atoms with Crippen LogP contribution in [0.1, 0.15) is 42.5 Å². The number of fused-ring (bicyclic) bond motifs is 2. The first kappa shape index (κ1) is 13.0. The zero-order valence-corrected chi connectivity index (χ0v) is 12.9. The van der Waals surface area contributed by atoms with Crippen LogP contribution in [0.4, 0.5) is 5.69 Å². The highest BCUT2D eigenvalue weighted by Gasteiger charge is 2.26. The average molecular weight is 305 g/mol. The Hall–Kier alpha value is -2.49. The van der Waals surface area contributed by atoms with Gasteiger partial charge in [-0.3, -0.25) is 0 Å². The Morgan fingerprint density at radius 1 is 1.13 bits per heavy atom. The number of hydrogen-bond donors (Lipinski definition) is 2. The van der Waals surface area contributed by atoms with Crippen molar-refractivity contribution in [1.82, 2.24) is 9.97 Å². The first-order chi connectivity index (χ1) is 11.4. The average Bonchev–Trinajstić information content (AvgIpc) is 3.34. The molecular weight excluding hydrogens is 286 g/mol. The van der Waals surface area contributed by atoms with Crippen molar-refractivity contribution in [3.05, 3.63) is 53.9 Å². The number of nitrogens with zero attached hydrogens (tertiary/aromatic N) is 1. The second-order valence-electron chi connectivity index (χ2n) is 6.49. The minimum atomic E-state index is 0.282. The molecule has 2 aliphatic rings. The van der Waals surface area contributed by atoms with Gasteiger partial charge in [0.25, 0.3) is 0 Å². The maximum absolute atomic E-state index is 5.76. The van der Waals surface area contributed by atoms with E-state index in [9.17, 15) is 0 Å². The van der Waals surface area contributed by atoms with Crippen molar-refractivity contribution in [3.63, 3.8) is 0 Å². The van der Waals surface area contributed by atoms with Gasteiger partial charge in [-0.2, -0.15) is 0 Å². The maximum atomic E-state index is 5.76. The fourth-order valence-electron chi connectivity index (χ4n) is 3.47. The summed E-state index contributed by atoms with van der Waals surface area (Å²) in [4.78, 5) is 7.97. The zero-order chi connectivity index (χ0) is 15.2. The third kappa shape index (κ3) is 2.25. The lowest BCUT2D eigenvalue weighted by Crippen LogP contribution is -2.20. The van der Waals surface area contributed by atoms with Crippen LogP contribution < -0.4 is 10.1 Å².